The molecule has 0 aromatic heterocycles. The summed E-state index contributed by atoms with van der Waals surface area (Å²) in [6.07, 6.45) is 0. The molecule has 2 aromatic rings. The zero-order chi connectivity index (χ0) is 17.5. The van der Waals surface area contributed by atoms with Gasteiger partial charge in [0.05, 0.1) is 6.54 Å². The first kappa shape index (κ1) is 17.9. The summed E-state index contributed by atoms with van der Waals surface area (Å²) < 4.78 is 0. The molecule has 1 N–H and O–H groups in total. The predicted octanol–water partition coefficient (Wildman–Crippen LogP) is 4.00. The van der Waals surface area contributed by atoms with Crippen molar-refractivity contribution >= 4 is 23.0 Å². The molecule has 1 amide bonds. The number of hydrogen-bond donors (Lipinski definition) is 1. The molecule has 0 aliphatic rings. The molecular weight excluding hydrogens is 298 g/mol. The summed E-state index contributed by atoms with van der Waals surface area (Å²) in [4.78, 5) is 16.5. The lowest BCUT2D eigenvalue weighted by molar-refractivity contribution is -0.114. The van der Waals surface area contributed by atoms with Crippen LogP contribution in [-0.4, -0.2) is 32.1 Å². The first-order valence-electron chi connectivity index (χ1n) is 8.44. The Balaban J connectivity index is 1.94. The number of para-hydroxylation sites is 1. The molecule has 128 valence electrons. The third-order valence-corrected chi connectivity index (χ3v) is 4.02. The lowest BCUT2D eigenvalue weighted by atomic mass is 10.2. The quantitative estimate of drug-likeness (QED) is 0.836. The summed E-state index contributed by atoms with van der Waals surface area (Å²) in [6.45, 7) is 7.79. The van der Waals surface area contributed by atoms with Gasteiger partial charge in [-0.15, -0.1) is 0 Å². The van der Waals surface area contributed by atoms with Crippen molar-refractivity contribution in [1.82, 2.24) is 0 Å². The van der Waals surface area contributed by atoms with Gasteiger partial charge in [-0.1, -0.05) is 18.2 Å². The van der Waals surface area contributed by atoms with E-state index >= 15 is 0 Å². The Morgan fingerprint density at radius 3 is 2.17 bits per heavy atom. The molecule has 0 saturated heterocycles. The zero-order valence-electron chi connectivity index (χ0n) is 15.0. The van der Waals surface area contributed by atoms with E-state index in [0.717, 1.165) is 17.9 Å². The largest absolute Gasteiger partial charge is 0.369 e. The van der Waals surface area contributed by atoms with Crippen molar-refractivity contribution in [2.45, 2.75) is 26.8 Å². The van der Waals surface area contributed by atoms with Gasteiger partial charge in [0.1, 0.15) is 0 Å². The Hall–Kier alpha value is -2.49. The molecular formula is C20H27N3O. The number of rotatable bonds is 7. The van der Waals surface area contributed by atoms with Crippen LogP contribution in [0.5, 0.6) is 0 Å². The van der Waals surface area contributed by atoms with Gasteiger partial charge >= 0.3 is 0 Å². The molecule has 0 aliphatic carbocycles. The van der Waals surface area contributed by atoms with E-state index in [9.17, 15) is 4.79 Å². The minimum absolute atomic E-state index is 0.0229. The zero-order valence-corrected chi connectivity index (χ0v) is 15.0. The van der Waals surface area contributed by atoms with Gasteiger partial charge in [-0.05, 0) is 57.2 Å². The van der Waals surface area contributed by atoms with Gasteiger partial charge in [0.2, 0.25) is 5.91 Å². The molecule has 0 fully saturated rings. The second-order valence-electron chi connectivity index (χ2n) is 6.17. The van der Waals surface area contributed by atoms with Crippen molar-refractivity contribution in [3.63, 3.8) is 0 Å². The molecule has 0 bridgehead atoms. The Morgan fingerprint density at radius 1 is 1.00 bits per heavy atom. The highest BCUT2D eigenvalue weighted by Crippen LogP contribution is 2.20. The van der Waals surface area contributed by atoms with Crippen LogP contribution in [0.15, 0.2) is 54.6 Å². The molecule has 0 atom stereocenters. The summed E-state index contributed by atoms with van der Waals surface area (Å²) >= 11 is 0. The van der Waals surface area contributed by atoms with E-state index in [1.807, 2.05) is 54.4 Å². The van der Waals surface area contributed by atoms with Crippen molar-refractivity contribution in [2.24, 2.45) is 0 Å². The van der Waals surface area contributed by atoms with Crippen LogP contribution in [0, 0.1) is 0 Å². The fraction of sp³-hybridized carbons (Fsp3) is 0.350. The van der Waals surface area contributed by atoms with Gasteiger partial charge in [0, 0.05) is 36.7 Å². The highest BCUT2D eigenvalue weighted by molar-refractivity contribution is 5.94. The van der Waals surface area contributed by atoms with Crippen LogP contribution < -0.4 is 15.1 Å². The number of amides is 1. The molecule has 2 aromatic carbocycles. The molecule has 0 saturated carbocycles. The SMILES string of the molecule is CCN(c1ccc(NC(=O)CN(C)c2ccccc2)cc1)C(C)C. The van der Waals surface area contributed by atoms with Gasteiger partial charge in [0.25, 0.3) is 0 Å². The monoisotopic (exact) mass is 325 g/mol. The molecule has 4 heteroatoms. The number of nitrogens with one attached hydrogen (secondary N) is 1. The minimum atomic E-state index is -0.0229. The molecule has 24 heavy (non-hydrogen) atoms. The third kappa shape index (κ3) is 4.75. The first-order valence-corrected chi connectivity index (χ1v) is 8.44. The topological polar surface area (TPSA) is 35.6 Å². The van der Waals surface area contributed by atoms with Gasteiger partial charge in [-0.3, -0.25) is 4.79 Å². The lowest BCUT2D eigenvalue weighted by Crippen LogP contribution is -2.30. The van der Waals surface area contributed by atoms with Crippen molar-refractivity contribution in [2.75, 3.05) is 35.3 Å². The molecule has 0 unspecified atom stereocenters. The predicted molar refractivity (Wildman–Crippen MR) is 103 cm³/mol. The Morgan fingerprint density at radius 2 is 1.62 bits per heavy atom. The van der Waals surface area contributed by atoms with E-state index in [4.69, 9.17) is 0 Å². The number of benzene rings is 2. The van der Waals surface area contributed by atoms with Crippen LogP contribution in [0.2, 0.25) is 0 Å². The number of carbonyl (C=O) groups is 1. The van der Waals surface area contributed by atoms with E-state index in [1.54, 1.807) is 0 Å². The van der Waals surface area contributed by atoms with Crippen LogP contribution in [0.3, 0.4) is 0 Å². The summed E-state index contributed by atoms with van der Waals surface area (Å²) in [5.41, 5.74) is 3.02. The van der Waals surface area contributed by atoms with E-state index in [1.165, 1.54) is 5.69 Å². The number of carbonyl (C=O) groups excluding carboxylic acids is 1. The Labute approximate surface area is 145 Å². The van der Waals surface area contributed by atoms with E-state index in [0.29, 0.717) is 12.6 Å². The standard InChI is InChI=1S/C20H27N3O/c1-5-23(16(2)3)19-13-11-17(12-14-19)21-20(24)15-22(4)18-9-7-6-8-10-18/h6-14,16H,5,15H2,1-4H3,(H,21,24). The molecule has 0 radical (unpaired) electrons. The maximum atomic E-state index is 12.2. The fourth-order valence-corrected chi connectivity index (χ4v) is 2.77. The number of anilines is 3. The fourth-order valence-electron chi connectivity index (χ4n) is 2.77. The second-order valence-corrected chi connectivity index (χ2v) is 6.17. The Bertz CT molecular complexity index is 638. The second kappa shape index (κ2) is 8.39. The average Bonchev–Trinajstić information content (AvgIpc) is 2.57. The lowest BCUT2D eigenvalue weighted by Gasteiger charge is -2.27. The molecule has 0 aliphatic heterocycles. The van der Waals surface area contributed by atoms with Crippen LogP contribution in [-0.2, 0) is 4.79 Å². The summed E-state index contributed by atoms with van der Waals surface area (Å²) in [5.74, 6) is -0.0229. The molecule has 2 rings (SSSR count). The van der Waals surface area contributed by atoms with E-state index < -0.39 is 0 Å². The summed E-state index contributed by atoms with van der Waals surface area (Å²) in [5, 5.41) is 2.96. The first-order chi connectivity index (χ1) is 11.5. The normalized spacial score (nSPS) is 10.5. The maximum Gasteiger partial charge on any atom is 0.243 e. The van der Waals surface area contributed by atoms with Crippen molar-refractivity contribution < 1.29 is 4.79 Å². The number of likely N-dealkylation sites (N-methyl/N-ethyl adjacent to an activating group) is 1. The van der Waals surface area contributed by atoms with Crippen molar-refractivity contribution in [3.8, 4) is 0 Å². The smallest absolute Gasteiger partial charge is 0.243 e. The number of hydrogen-bond acceptors (Lipinski definition) is 3. The van der Waals surface area contributed by atoms with Gasteiger partial charge < -0.3 is 15.1 Å². The average molecular weight is 325 g/mol. The third-order valence-electron chi connectivity index (χ3n) is 4.02. The van der Waals surface area contributed by atoms with Gasteiger partial charge in [-0.2, -0.15) is 0 Å². The van der Waals surface area contributed by atoms with Crippen molar-refractivity contribution in [3.05, 3.63) is 54.6 Å². The Kier molecular flexibility index (Phi) is 6.24. The molecule has 4 nitrogen and oxygen atoms in total. The van der Waals surface area contributed by atoms with Gasteiger partial charge in [-0.25, -0.2) is 0 Å². The molecule has 0 heterocycles. The van der Waals surface area contributed by atoms with Gasteiger partial charge in [0.15, 0.2) is 0 Å². The molecule has 0 spiro atoms. The summed E-state index contributed by atoms with van der Waals surface area (Å²) in [7, 11) is 1.92. The van der Waals surface area contributed by atoms with Crippen LogP contribution in [0.4, 0.5) is 17.1 Å². The van der Waals surface area contributed by atoms with Crippen LogP contribution in [0.1, 0.15) is 20.8 Å². The highest BCUT2D eigenvalue weighted by Gasteiger charge is 2.10. The maximum absolute atomic E-state index is 12.2. The van der Waals surface area contributed by atoms with Crippen LogP contribution in [0.25, 0.3) is 0 Å². The van der Waals surface area contributed by atoms with Crippen molar-refractivity contribution in [1.29, 1.82) is 0 Å². The minimum Gasteiger partial charge on any atom is -0.369 e. The van der Waals surface area contributed by atoms with E-state index in [2.05, 4.69) is 43.1 Å². The number of nitrogens with zero attached hydrogens (tertiary/aromatic N) is 2. The van der Waals surface area contributed by atoms with Crippen LogP contribution >= 0.6 is 0 Å². The summed E-state index contributed by atoms with van der Waals surface area (Å²) in [6, 6.07) is 18.4. The van der Waals surface area contributed by atoms with E-state index in [-0.39, 0.29) is 5.91 Å². The highest BCUT2D eigenvalue weighted by atomic mass is 16.2.